The maximum absolute atomic E-state index is 6.17. The minimum absolute atomic E-state index is 0.628. The molecular formula is C13H17ClN4. The Morgan fingerprint density at radius 2 is 2.22 bits per heavy atom. The van der Waals surface area contributed by atoms with Crippen molar-refractivity contribution in [2.75, 3.05) is 5.32 Å². The SMILES string of the molecule is CCCn1ncnc1CNc1ccc(C)cc1Cl. The second-order valence-electron chi connectivity index (χ2n) is 4.24. The van der Waals surface area contributed by atoms with Gasteiger partial charge in [-0.2, -0.15) is 5.10 Å². The second kappa shape index (κ2) is 5.87. The van der Waals surface area contributed by atoms with Crippen molar-refractivity contribution in [2.24, 2.45) is 0 Å². The first-order chi connectivity index (χ1) is 8.70. The third kappa shape index (κ3) is 3.01. The number of halogens is 1. The number of hydrogen-bond donors (Lipinski definition) is 1. The number of benzene rings is 1. The summed E-state index contributed by atoms with van der Waals surface area (Å²) in [6, 6.07) is 5.96. The maximum Gasteiger partial charge on any atom is 0.146 e. The van der Waals surface area contributed by atoms with Gasteiger partial charge in [0.25, 0.3) is 0 Å². The van der Waals surface area contributed by atoms with Crippen LogP contribution in [-0.2, 0) is 13.1 Å². The third-order valence-corrected chi connectivity index (χ3v) is 3.01. The average molecular weight is 265 g/mol. The van der Waals surface area contributed by atoms with Crippen LogP contribution in [-0.4, -0.2) is 14.8 Å². The molecule has 0 atom stereocenters. The lowest BCUT2D eigenvalue weighted by Crippen LogP contribution is -2.10. The first-order valence-corrected chi connectivity index (χ1v) is 6.45. The van der Waals surface area contributed by atoms with E-state index in [4.69, 9.17) is 11.6 Å². The monoisotopic (exact) mass is 264 g/mol. The molecular weight excluding hydrogens is 248 g/mol. The minimum atomic E-state index is 0.628. The number of aryl methyl sites for hydroxylation is 2. The lowest BCUT2D eigenvalue weighted by molar-refractivity contribution is 0.574. The Kier molecular flexibility index (Phi) is 4.20. The molecule has 5 heteroatoms. The molecule has 96 valence electrons. The van der Waals surface area contributed by atoms with Crippen LogP contribution in [0.25, 0.3) is 0 Å². The van der Waals surface area contributed by atoms with E-state index in [1.807, 2.05) is 29.8 Å². The quantitative estimate of drug-likeness (QED) is 0.901. The van der Waals surface area contributed by atoms with Gasteiger partial charge < -0.3 is 5.32 Å². The summed E-state index contributed by atoms with van der Waals surface area (Å²) in [4.78, 5) is 4.24. The summed E-state index contributed by atoms with van der Waals surface area (Å²) in [7, 11) is 0. The zero-order chi connectivity index (χ0) is 13.0. The van der Waals surface area contributed by atoms with Crippen molar-refractivity contribution in [3.05, 3.63) is 40.9 Å². The van der Waals surface area contributed by atoms with Crippen LogP contribution in [0.1, 0.15) is 24.7 Å². The fraction of sp³-hybridized carbons (Fsp3) is 0.385. The maximum atomic E-state index is 6.17. The summed E-state index contributed by atoms with van der Waals surface area (Å²) >= 11 is 6.17. The second-order valence-corrected chi connectivity index (χ2v) is 4.64. The van der Waals surface area contributed by atoms with Gasteiger partial charge in [0.05, 0.1) is 17.3 Å². The molecule has 1 aromatic heterocycles. The predicted molar refractivity (Wildman–Crippen MR) is 73.8 cm³/mol. The molecule has 18 heavy (non-hydrogen) atoms. The van der Waals surface area contributed by atoms with Crippen molar-refractivity contribution in [3.63, 3.8) is 0 Å². The molecule has 0 saturated heterocycles. The van der Waals surface area contributed by atoms with Gasteiger partial charge in [0.1, 0.15) is 12.2 Å². The highest BCUT2D eigenvalue weighted by molar-refractivity contribution is 6.33. The van der Waals surface area contributed by atoms with E-state index in [0.717, 1.165) is 35.1 Å². The molecule has 0 aliphatic heterocycles. The topological polar surface area (TPSA) is 42.7 Å². The molecule has 1 heterocycles. The van der Waals surface area contributed by atoms with Gasteiger partial charge in [-0.3, -0.25) is 0 Å². The van der Waals surface area contributed by atoms with E-state index in [-0.39, 0.29) is 0 Å². The predicted octanol–water partition coefficient (Wildman–Crippen LogP) is 3.26. The van der Waals surface area contributed by atoms with Gasteiger partial charge in [0.15, 0.2) is 0 Å². The lowest BCUT2D eigenvalue weighted by atomic mass is 10.2. The van der Waals surface area contributed by atoms with Crippen molar-refractivity contribution in [3.8, 4) is 0 Å². The van der Waals surface area contributed by atoms with E-state index < -0.39 is 0 Å². The Labute approximate surface area is 112 Å². The largest absolute Gasteiger partial charge is 0.377 e. The van der Waals surface area contributed by atoms with Crippen LogP contribution in [0.4, 0.5) is 5.69 Å². The zero-order valence-electron chi connectivity index (χ0n) is 10.7. The number of rotatable bonds is 5. The molecule has 0 saturated carbocycles. The highest BCUT2D eigenvalue weighted by Crippen LogP contribution is 2.23. The summed E-state index contributed by atoms with van der Waals surface area (Å²) < 4.78 is 1.91. The summed E-state index contributed by atoms with van der Waals surface area (Å²) in [6.07, 6.45) is 2.63. The first kappa shape index (κ1) is 12.9. The zero-order valence-corrected chi connectivity index (χ0v) is 11.4. The van der Waals surface area contributed by atoms with Gasteiger partial charge in [-0.15, -0.1) is 0 Å². The van der Waals surface area contributed by atoms with Crippen LogP contribution in [0, 0.1) is 6.92 Å². The van der Waals surface area contributed by atoms with E-state index in [1.54, 1.807) is 6.33 Å². The third-order valence-electron chi connectivity index (χ3n) is 2.69. The molecule has 4 nitrogen and oxygen atoms in total. The lowest BCUT2D eigenvalue weighted by Gasteiger charge is -2.09. The van der Waals surface area contributed by atoms with Gasteiger partial charge in [0, 0.05) is 6.54 Å². The van der Waals surface area contributed by atoms with E-state index in [9.17, 15) is 0 Å². The van der Waals surface area contributed by atoms with E-state index in [2.05, 4.69) is 22.3 Å². The molecule has 0 bridgehead atoms. The number of nitrogens with one attached hydrogen (secondary N) is 1. The van der Waals surface area contributed by atoms with Crippen LogP contribution >= 0.6 is 11.6 Å². The highest BCUT2D eigenvalue weighted by Gasteiger charge is 2.05. The molecule has 0 radical (unpaired) electrons. The molecule has 2 rings (SSSR count). The van der Waals surface area contributed by atoms with Crippen LogP contribution in [0.3, 0.4) is 0 Å². The van der Waals surface area contributed by atoms with Gasteiger partial charge in [-0.1, -0.05) is 24.6 Å². The van der Waals surface area contributed by atoms with Crippen molar-refractivity contribution in [1.82, 2.24) is 14.8 Å². The summed E-state index contributed by atoms with van der Waals surface area (Å²) in [5, 5.41) is 8.21. The van der Waals surface area contributed by atoms with E-state index >= 15 is 0 Å². The number of nitrogens with zero attached hydrogens (tertiary/aromatic N) is 3. The fourth-order valence-electron chi connectivity index (χ4n) is 1.76. The molecule has 0 unspecified atom stereocenters. The first-order valence-electron chi connectivity index (χ1n) is 6.07. The standard InChI is InChI=1S/C13H17ClN4/c1-3-6-18-13(16-9-17-18)8-15-12-5-4-10(2)7-11(12)14/h4-5,7,9,15H,3,6,8H2,1-2H3. The Hall–Kier alpha value is -1.55. The van der Waals surface area contributed by atoms with Gasteiger partial charge >= 0.3 is 0 Å². The van der Waals surface area contributed by atoms with Crippen LogP contribution in [0.2, 0.25) is 5.02 Å². The molecule has 1 aromatic carbocycles. The van der Waals surface area contributed by atoms with E-state index in [1.165, 1.54) is 0 Å². The summed E-state index contributed by atoms with van der Waals surface area (Å²) in [5.41, 5.74) is 2.08. The van der Waals surface area contributed by atoms with Crippen molar-refractivity contribution >= 4 is 17.3 Å². The van der Waals surface area contributed by atoms with Gasteiger partial charge in [-0.05, 0) is 31.0 Å². The smallest absolute Gasteiger partial charge is 0.146 e. The number of aromatic nitrogens is 3. The number of hydrogen-bond acceptors (Lipinski definition) is 3. The molecule has 2 aromatic rings. The summed E-state index contributed by atoms with van der Waals surface area (Å²) in [5.74, 6) is 0.925. The Morgan fingerprint density at radius 3 is 2.94 bits per heavy atom. The summed E-state index contributed by atoms with van der Waals surface area (Å²) in [6.45, 7) is 5.66. The normalized spacial score (nSPS) is 10.6. The van der Waals surface area contributed by atoms with Gasteiger partial charge in [0.2, 0.25) is 0 Å². The van der Waals surface area contributed by atoms with Crippen LogP contribution in [0.5, 0.6) is 0 Å². The molecule has 0 spiro atoms. The number of anilines is 1. The van der Waals surface area contributed by atoms with E-state index in [0.29, 0.717) is 6.54 Å². The van der Waals surface area contributed by atoms with Crippen LogP contribution < -0.4 is 5.32 Å². The average Bonchev–Trinajstić information content (AvgIpc) is 2.76. The molecule has 1 N–H and O–H groups in total. The highest BCUT2D eigenvalue weighted by atomic mass is 35.5. The van der Waals surface area contributed by atoms with Crippen molar-refractivity contribution in [2.45, 2.75) is 33.4 Å². The Bertz CT molecular complexity index is 521. The molecule has 0 amide bonds. The van der Waals surface area contributed by atoms with Gasteiger partial charge in [-0.25, -0.2) is 9.67 Å². The molecule has 0 aliphatic rings. The van der Waals surface area contributed by atoms with Crippen molar-refractivity contribution < 1.29 is 0 Å². The van der Waals surface area contributed by atoms with Crippen molar-refractivity contribution in [1.29, 1.82) is 0 Å². The molecule has 0 fully saturated rings. The Morgan fingerprint density at radius 1 is 1.39 bits per heavy atom. The van der Waals surface area contributed by atoms with Crippen LogP contribution in [0.15, 0.2) is 24.5 Å². The fourth-order valence-corrected chi connectivity index (χ4v) is 2.06. The Balaban J connectivity index is 2.04. The molecule has 0 aliphatic carbocycles. The minimum Gasteiger partial charge on any atom is -0.377 e.